The summed E-state index contributed by atoms with van der Waals surface area (Å²) in [5.74, 6) is -1.08. The number of hydrogen-bond donors (Lipinski definition) is 1. The average molecular weight is 284 g/mol. The van der Waals surface area contributed by atoms with Gasteiger partial charge in [0.15, 0.2) is 0 Å². The minimum absolute atomic E-state index is 0. The minimum Gasteiger partial charge on any atom is -0.317 e. The zero-order valence-corrected chi connectivity index (χ0v) is 10.4. The summed E-state index contributed by atoms with van der Waals surface area (Å²) < 4.78 is 52.0. The summed E-state index contributed by atoms with van der Waals surface area (Å²) in [4.78, 5) is 0. The van der Waals surface area contributed by atoms with E-state index in [0.717, 1.165) is 18.2 Å². The average Bonchev–Trinajstić information content (AvgIpc) is 2.28. The van der Waals surface area contributed by atoms with Crippen LogP contribution in [0, 0.1) is 5.82 Å². The first-order valence-corrected chi connectivity index (χ1v) is 5.56. The van der Waals surface area contributed by atoms with Gasteiger partial charge < -0.3 is 5.32 Å². The van der Waals surface area contributed by atoms with Gasteiger partial charge in [-0.1, -0.05) is 6.07 Å². The zero-order valence-electron chi connectivity index (χ0n) is 9.56. The second-order valence-electron chi connectivity index (χ2n) is 4.22. The predicted octanol–water partition coefficient (Wildman–Crippen LogP) is 3.73. The van der Waals surface area contributed by atoms with Crippen molar-refractivity contribution in [3.05, 3.63) is 35.1 Å². The van der Waals surface area contributed by atoms with Crippen molar-refractivity contribution >= 4 is 12.4 Å². The van der Waals surface area contributed by atoms with E-state index < -0.39 is 17.6 Å². The van der Waals surface area contributed by atoms with E-state index in [1.807, 2.05) is 0 Å². The molecule has 0 aromatic heterocycles. The maximum atomic E-state index is 13.6. The molecule has 0 atom stereocenters. The molecule has 0 radical (unpaired) electrons. The SMILES string of the molecule is Cl.Fc1cccc(C(F)(F)F)c1C1CCNCC1. The van der Waals surface area contributed by atoms with Gasteiger partial charge in [-0.3, -0.25) is 0 Å². The Balaban J connectivity index is 0.00000162. The van der Waals surface area contributed by atoms with Crippen LogP contribution in [-0.2, 0) is 6.18 Å². The summed E-state index contributed by atoms with van der Waals surface area (Å²) in [6.07, 6.45) is -3.39. The summed E-state index contributed by atoms with van der Waals surface area (Å²) in [5, 5.41) is 3.06. The maximum absolute atomic E-state index is 13.6. The molecule has 6 heteroatoms. The molecule has 102 valence electrons. The lowest BCUT2D eigenvalue weighted by Gasteiger charge is -2.26. The van der Waals surface area contributed by atoms with Crippen molar-refractivity contribution < 1.29 is 17.6 Å². The molecule has 1 aliphatic heterocycles. The number of hydrogen-bond acceptors (Lipinski definition) is 1. The molecular formula is C12H14ClF4N. The van der Waals surface area contributed by atoms with Crippen LogP contribution in [0.1, 0.15) is 29.9 Å². The molecule has 0 amide bonds. The van der Waals surface area contributed by atoms with E-state index in [0.29, 0.717) is 25.9 Å². The van der Waals surface area contributed by atoms with Crippen molar-refractivity contribution in [2.45, 2.75) is 24.9 Å². The molecule has 1 saturated heterocycles. The van der Waals surface area contributed by atoms with Crippen molar-refractivity contribution in [2.24, 2.45) is 0 Å². The summed E-state index contributed by atoms with van der Waals surface area (Å²) in [7, 11) is 0. The molecule has 18 heavy (non-hydrogen) atoms. The van der Waals surface area contributed by atoms with E-state index in [2.05, 4.69) is 5.32 Å². The Hall–Kier alpha value is -0.810. The Morgan fingerprint density at radius 2 is 1.72 bits per heavy atom. The second-order valence-corrected chi connectivity index (χ2v) is 4.22. The summed E-state index contributed by atoms with van der Waals surface area (Å²) in [5.41, 5.74) is -0.995. The predicted molar refractivity (Wildman–Crippen MR) is 63.5 cm³/mol. The van der Waals surface area contributed by atoms with Gasteiger partial charge in [-0.2, -0.15) is 13.2 Å². The Bertz CT molecular complexity index is 400. The third-order valence-corrected chi connectivity index (χ3v) is 3.11. The van der Waals surface area contributed by atoms with E-state index in [1.54, 1.807) is 0 Å². The lowest BCUT2D eigenvalue weighted by atomic mass is 9.86. The van der Waals surface area contributed by atoms with Crippen LogP contribution in [0.5, 0.6) is 0 Å². The normalized spacial score (nSPS) is 17.3. The number of nitrogens with one attached hydrogen (secondary N) is 1. The van der Waals surface area contributed by atoms with E-state index >= 15 is 0 Å². The van der Waals surface area contributed by atoms with Gasteiger partial charge in [-0.15, -0.1) is 12.4 Å². The monoisotopic (exact) mass is 283 g/mol. The highest BCUT2D eigenvalue weighted by Gasteiger charge is 2.36. The molecule has 1 aromatic carbocycles. The van der Waals surface area contributed by atoms with Crippen molar-refractivity contribution in [1.29, 1.82) is 0 Å². The van der Waals surface area contributed by atoms with Crippen LogP contribution >= 0.6 is 12.4 Å². The smallest absolute Gasteiger partial charge is 0.317 e. The van der Waals surface area contributed by atoms with Crippen LogP contribution in [0.3, 0.4) is 0 Å². The number of rotatable bonds is 1. The van der Waals surface area contributed by atoms with Crippen molar-refractivity contribution in [3.8, 4) is 0 Å². The molecule has 0 unspecified atom stereocenters. The quantitative estimate of drug-likeness (QED) is 0.774. The minimum atomic E-state index is -4.48. The van der Waals surface area contributed by atoms with Crippen molar-refractivity contribution in [1.82, 2.24) is 5.32 Å². The first-order valence-electron chi connectivity index (χ1n) is 5.56. The van der Waals surface area contributed by atoms with Crippen LogP contribution in [0.4, 0.5) is 17.6 Å². The fourth-order valence-corrected chi connectivity index (χ4v) is 2.31. The van der Waals surface area contributed by atoms with Crippen LogP contribution in [0.15, 0.2) is 18.2 Å². The Morgan fingerprint density at radius 3 is 2.28 bits per heavy atom. The van der Waals surface area contributed by atoms with Crippen molar-refractivity contribution in [2.75, 3.05) is 13.1 Å². The first-order chi connectivity index (χ1) is 8.00. The van der Waals surface area contributed by atoms with Gasteiger partial charge in [0.1, 0.15) is 5.82 Å². The molecule has 1 heterocycles. The highest BCUT2D eigenvalue weighted by atomic mass is 35.5. The molecule has 0 bridgehead atoms. The molecule has 0 saturated carbocycles. The van der Waals surface area contributed by atoms with Crippen molar-refractivity contribution in [3.63, 3.8) is 0 Å². The van der Waals surface area contributed by atoms with Gasteiger partial charge in [0, 0.05) is 5.56 Å². The highest BCUT2D eigenvalue weighted by Crippen LogP contribution is 2.39. The lowest BCUT2D eigenvalue weighted by molar-refractivity contribution is -0.138. The Labute approximate surface area is 109 Å². The van der Waals surface area contributed by atoms with E-state index in [-0.39, 0.29) is 23.9 Å². The standard InChI is InChI=1S/C12H13F4N.ClH/c13-10-3-1-2-9(12(14,15)16)11(10)8-4-6-17-7-5-8;/h1-3,8,17H,4-7H2;1H. The molecule has 1 nitrogen and oxygen atoms in total. The Kier molecular flexibility index (Phi) is 4.99. The topological polar surface area (TPSA) is 12.0 Å². The third kappa shape index (κ3) is 3.14. The largest absolute Gasteiger partial charge is 0.416 e. The van der Waals surface area contributed by atoms with Crippen LogP contribution < -0.4 is 5.32 Å². The molecule has 1 aromatic rings. The van der Waals surface area contributed by atoms with Crippen LogP contribution in [0.2, 0.25) is 0 Å². The fraction of sp³-hybridized carbons (Fsp3) is 0.500. The van der Waals surface area contributed by atoms with E-state index in [1.165, 1.54) is 0 Å². The summed E-state index contributed by atoms with van der Waals surface area (Å²) >= 11 is 0. The molecule has 0 spiro atoms. The number of benzene rings is 1. The number of halogens is 5. The third-order valence-electron chi connectivity index (χ3n) is 3.11. The molecular weight excluding hydrogens is 270 g/mol. The summed E-state index contributed by atoms with van der Waals surface area (Å²) in [6.45, 7) is 1.27. The van der Waals surface area contributed by atoms with E-state index in [4.69, 9.17) is 0 Å². The molecule has 1 N–H and O–H groups in total. The van der Waals surface area contributed by atoms with Crippen LogP contribution in [0.25, 0.3) is 0 Å². The Morgan fingerprint density at radius 1 is 1.11 bits per heavy atom. The molecule has 2 rings (SSSR count). The molecule has 1 aliphatic rings. The van der Waals surface area contributed by atoms with Gasteiger partial charge in [0.2, 0.25) is 0 Å². The lowest BCUT2D eigenvalue weighted by Crippen LogP contribution is -2.28. The molecule has 0 aliphatic carbocycles. The number of piperidine rings is 1. The highest BCUT2D eigenvalue weighted by molar-refractivity contribution is 5.85. The maximum Gasteiger partial charge on any atom is 0.416 e. The van der Waals surface area contributed by atoms with Gasteiger partial charge in [0.05, 0.1) is 5.56 Å². The second kappa shape index (κ2) is 5.89. The van der Waals surface area contributed by atoms with Crippen LogP contribution in [-0.4, -0.2) is 13.1 Å². The van der Waals surface area contributed by atoms with Gasteiger partial charge in [-0.05, 0) is 44.0 Å². The molecule has 1 fully saturated rings. The fourth-order valence-electron chi connectivity index (χ4n) is 2.31. The zero-order chi connectivity index (χ0) is 12.5. The number of alkyl halides is 3. The first kappa shape index (κ1) is 15.2. The van der Waals surface area contributed by atoms with E-state index in [9.17, 15) is 17.6 Å². The van der Waals surface area contributed by atoms with Gasteiger partial charge in [0.25, 0.3) is 0 Å². The summed E-state index contributed by atoms with van der Waals surface area (Å²) in [6, 6.07) is 3.18. The van der Waals surface area contributed by atoms with Gasteiger partial charge in [-0.25, -0.2) is 4.39 Å². The van der Waals surface area contributed by atoms with Gasteiger partial charge >= 0.3 is 6.18 Å².